The third-order valence-electron chi connectivity index (χ3n) is 3.18. The molecule has 90 valence electrons. The van der Waals surface area contributed by atoms with E-state index < -0.39 is 0 Å². The molecule has 0 radical (unpaired) electrons. The summed E-state index contributed by atoms with van der Waals surface area (Å²) in [6, 6.07) is 7.84. The summed E-state index contributed by atoms with van der Waals surface area (Å²) in [5.74, 6) is 5.06. The Kier molecular flexibility index (Phi) is 3.44. The lowest BCUT2D eigenvalue weighted by Gasteiger charge is -2.20. The van der Waals surface area contributed by atoms with Crippen molar-refractivity contribution in [2.45, 2.75) is 19.3 Å². The molecule has 1 unspecified atom stereocenters. The average Bonchev–Trinajstić information content (AvgIpc) is 2.38. The van der Waals surface area contributed by atoms with Crippen LogP contribution in [0.2, 0.25) is 0 Å². The molecule has 1 aromatic carbocycles. The number of hydrazine groups is 1. The van der Waals surface area contributed by atoms with Crippen molar-refractivity contribution < 1.29 is 4.79 Å². The fraction of sp³-hybridized carbons (Fsp3) is 0.308. The van der Waals surface area contributed by atoms with Gasteiger partial charge in [0.1, 0.15) is 0 Å². The smallest absolute Gasteiger partial charge is 0.237 e. The van der Waals surface area contributed by atoms with Crippen molar-refractivity contribution in [2.24, 2.45) is 11.8 Å². The first-order valence-electron chi connectivity index (χ1n) is 5.76. The summed E-state index contributed by atoms with van der Waals surface area (Å²) < 4.78 is 0. The molecule has 4 nitrogen and oxygen atoms in total. The van der Waals surface area contributed by atoms with Crippen LogP contribution in [-0.2, 0) is 4.79 Å². The number of hydrogen-bond donors (Lipinski definition) is 3. The number of allylic oxidation sites excluding steroid dienone is 2. The number of nitrogens with two attached hydrogens (primary N) is 2. The quantitative estimate of drug-likeness (QED) is 0.312. The van der Waals surface area contributed by atoms with Gasteiger partial charge in [-0.2, -0.15) is 0 Å². The first-order chi connectivity index (χ1) is 8.20. The van der Waals surface area contributed by atoms with Crippen LogP contribution in [0.4, 0.5) is 5.69 Å². The van der Waals surface area contributed by atoms with Crippen molar-refractivity contribution in [3.63, 3.8) is 0 Å². The SMILES string of the molecule is NNC(=O)C1CC=C(c2cccc(N)c2)CC1. The molecule has 0 spiro atoms. The van der Waals surface area contributed by atoms with Crippen molar-refractivity contribution in [3.05, 3.63) is 35.9 Å². The molecule has 0 bridgehead atoms. The zero-order valence-electron chi connectivity index (χ0n) is 9.65. The van der Waals surface area contributed by atoms with E-state index in [0.29, 0.717) is 0 Å². The average molecular weight is 231 g/mol. The van der Waals surface area contributed by atoms with E-state index in [4.69, 9.17) is 11.6 Å². The fourth-order valence-corrected chi connectivity index (χ4v) is 2.19. The maximum Gasteiger partial charge on any atom is 0.237 e. The molecule has 0 saturated carbocycles. The van der Waals surface area contributed by atoms with Crippen LogP contribution >= 0.6 is 0 Å². The molecule has 2 rings (SSSR count). The number of hydrogen-bond acceptors (Lipinski definition) is 3. The van der Waals surface area contributed by atoms with Gasteiger partial charge in [-0.1, -0.05) is 18.2 Å². The van der Waals surface area contributed by atoms with Crippen LogP contribution in [0, 0.1) is 5.92 Å². The maximum atomic E-state index is 11.4. The topological polar surface area (TPSA) is 81.1 Å². The van der Waals surface area contributed by atoms with Gasteiger partial charge >= 0.3 is 0 Å². The molecule has 0 aliphatic heterocycles. The van der Waals surface area contributed by atoms with Crippen molar-refractivity contribution in [1.82, 2.24) is 5.43 Å². The minimum Gasteiger partial charge on any atom is -0.399 e. The molecule has 4 heteroatoms. The molecule has 1 atom stereocenters. The molecule has 0 saturated heterocycles. The van der Waals surface area contributed by atoms with E-state index in [1.165, 1.54) is 5.57 Å². The van der Waals surface area contributed by atoms with Gasteiger partial charge in [0, 0.05) is 11.6 Å². The van der Waals surface area contributed by atoms with Crippen LogP contribution in [0.1, 0.15) is 24.8 Å². The number of nitrogens with one attached hydrogen (secondary N) is 1. The lowest BCUT2D eigenvalue weighted by Crippen LogP contribution is -2.36. The first kappa shape index (κ1) is 11.7. The third kappa shape index (κ3) is 2.65. The predicted molar refractivity (Wildman–Crippen MR) is 68.5 cm³/mol. The van der Waals surface area contributed by atoms with Crippen LogP contribution in [0.3, 0.4) is 0 Å². The Morgan fingerprint density at radius 2 is 2.24 bits per heavy atom. The van der Waals surface area contributed by atoms with Crippen LogP contribution < -0.4 is 17.0 Å². The van der Waals surface area contributed by atoms with Gasteiger partial charge in [-0.15, -0.1) is 0 Å². The van der Waals surface area contributed by atoms with Crippen LogP contribution in [-0.4, -0.2) is 5.91 Å². The molecule has 17 heavy (non-hydrogen) atoms. The number of carbonyl (C=O) groups is 1. The summed E-state index contributed by atoms with van der Waals surface area (Å²) in [4.78, 5) is 11.4. The summed E-state index contributed by atoms with van der Waals surface area (Å²) >= 11 is 0. The molecule has 1 aliphatic rings. The van der Waals surface area contributed by atoms with E-state index in [1.54, 1.807) is 0 Å². The van der Waals surface area contributed by atoms with Crippen molar-refractivity contribution in [3.8, 4) is 0 Å². The van der Waals surface area contributed by atoms with Crippen LogP contribution in [0.5, 0.6) is 0 Å². The highest BCUT2D eigenvalue weighted by molar-refractivity contribution is 5.80. The lowest BCUT2D eigenvalue weighted by atomic mass is 9.86. The highest BCUT2D eigenvalue weighted by Gasteiger charge is 2.21. The first-order valence-corrected chi connectivity index (χ1v) is 5.76. The second-order valence-electron chi connectivity index (χ2n) is 4.33. The van der Waals surface area contributed by atoms with Gasteiger partial charge in [0.05, 0.1) is 0 Å². The number of carbonyl (C=O) groups excluding carboxylic acids is 1. The molecular weight excluding hydrogens is 214 g/mol. The maximum absolute atomic E-state index is 11.4. The van der Waals surface area contributed by atoms with Gasteiger partial charge in [0.25, 0.3) is 0 Å². The summed E-state index contributed by atoms with van der Waals surface area (Å²) in [5, 5.41) is 0. The molecular formula is C13H17N3O. The Labute approximate surface area is 101 Å². The number of rotatable bonds is 2. The van der Waals surface area contributed by atoms with Crippen LogP contribution in [0.15, 0.2) is 30.3 Å². The van der Waals surface area contributed by atoms with E-state index in [0.717, 1.165) is 30.5 Å². The van der Waals surface area contributed by atoms with Crippen molar-refractivity contribution >= 4 is 17.2 Å². The Morgan fingerprint density at radius 1 is 1.41 bits per heavy atom. The summed E-state index contributed by atoms with van der Waals surface area (Å²) in [5.41, 5.74) is 11.1. The number of anilines is 1. The molecule has 1 amide bonds. The largest absolute Gasteiger partial charge is 0.399 e. The highest BCUT2D eigenvalue weighted by atomic mass is 16.2. The van der Waals surface area contributed by atoms with Crippen molar-refractivity contribution in [2.75, 3.05) is 5.73 Å². The van der Waals surface area contributed by atoms with E-state index >= 15 is 0 Å². The summed E-state index contributed by atoms with van der Waals surface area (Å²) in [6.45, 7) is 0. The Bertz CT molecular complexity index is 454. The molecule has 5 N–H and O–H groups in total. The van der Waals surface area contributed by atoms with Gasteiger partial charge in [-0.25, -0.2) is 5.84 Å². The number of nitrogen functional groups attached to an aromatic ring is 1. The Hall–Kier alpha value is -1.81. The van der Waals surface area contributed by atoms with E-state index in [1.807, 2.05) is 24.3 Å². The summed E-state index contributed by atoms with van der Waals surface area (Å²) in [6.07, 6.45) is 4.58. The minimum atomic E-state index is -0.0760. The number of amides is 1. The Balaban J connectivity index is 2.11. The standard InChI is InChI=1S/C13H17N3O/c14-12-3-1-2-11(8-12)9-4-6-10(7-5-9)13(17)16-15/h1-4,8,10H,5-7,14-15H2,(H,16,17). The van der Waals surface area contributed by atoms with Gasteiger partial charge in [0.15, 0.2) is 0 Å². The number of benzene rings is 1. The van der Waals surface area contributed by atoms with Crippen LogP contribution in [0.25, 0.3) is 5.57 Å². The molecule has 0 aromatic heterocycles. The molecule has 0 heterocycles. The van der Waals surface area contributed by atoms with E-state index in [9.17, 15) is 4.79 Å². The predicted octanol–water partition coefficient (Wildman–Crippen LogP) is 1.44. The van der Waals surface area contributed by atoms with Gasteiger partial charge in [0.2, 0.25) is 5.91 Å². The van der Waals surface area contributed by atoms with E-state index in [-0.39, 0.29) is 11.8 Å². The Morgan fingerprint density at radius 3 is 2.82 bits per heavy atom. The normalized spacial score (nSPS) is 19.6. The zero-order valence-corrected chi connectivity index (χ0v) is 9.65. The second kappa shape index (κ2) is 5.01. The van der Waals surface area contributed by atoms with Crippen molar-refractivity contribution in [1.29, 1.82) is 0 Å². The lowest BCUT2D eigenvalue weighted by molar-refractivity contribution is -0.125. The molecule has 1 aromatic rings. The van der Waals surface area contributed by atoms with Gasteiger partial charge in [-0.3, -0.25) is 10.2 Å². The van der Waals surface area contributed by atoms with E-state index in [2.05, 4.69) is 11.5 Å². The molecule has 1 aliphatic carbocycles. The second-order valence-corrected chi connectivity index (χ2v) is 4.33. The zero-order chi connectivity index (χ0) is 12.3. The highest BCUT2D eigenvalue weighted by Crippen LogP contribution is 2.30. The fourth-order valence-electron chi connectivity index (χ4n) is 2.19. The van der Waals surface area contributed by atoms with Gasteiger partial charge < -0.3 is 5.73 Å². The minimum absolute atomic E-state index is 0.00445. The third-order valence-corrected chi connectivity index (χ3v) is 3.18. The monoisotopic (exact) mass is 231 g/mol. The molecule has 0 fully saturated rings. The summed E-state index contributed by atoms with van der Waals surface area (Å²) in [7, 11) is 0. The van der Waals surface area contributed by atoms with Gasteiger partial charge in [-0.05, 0) is 42.5 Å².